The van der Waals surface area contributed by atoms with Gasteiger partial charge in [-0.2, -0.15) is 4.31 Å². The number of Topliss-reactive ketones (excluding diaryl/α,β-unsaturated/α-hetero) is 1. The number of amides is 1. The first-order valence-corrected chi connectivity index (χ1v) is 48.0. The molecule has 1 aliphatic heterocycles. The first-order valence-electron chi connectivity index (χ1n) is 45.0. The van der Waals surface area contributed by atoms with Crippen molar-refractivity contribution in [1.82, 2.24) is 5.32 Å². The van der Waals surface area contributed by atoms with E-state index in [1.54, 1.807) is 12.2 Å². The zero-order valence-corrected chi connectivity index (χ0v) is 76.9. The number of phosphoric acid groups is 2. The molecule has 3 saturated carbocycles. The van der Waals surface area contributed by atoms with Crippen LogP contribution in [0.3, 0.4) is 0 Å². The third-order valence-electron chi connectivity index (χ3n) is 22.3. The van der Waals surface area contributed by atoms with Gasteiger partial charge >= 0.3 is 21.7 Å². The standard InChI is InChI=1S/C88H143NO37P2/c1-4-9-83-124-82-67-79-77-15-14-71-66-72(90)16-17-86(71,2)84(77)80(91)68-87(79,3)88(82,125-83)81(92)70-123-128(96,97)126-127(94,95)122-65-64-120-63-62-119-61-60-118-59-58-117-57-56-116-55-54-115-53-52-114-51-50-113-49-48-112-47-46-111-45-44-110-43-42-109-41-40-108-39-38-107-37-36-106-35-34-105-33-32-104-31-30-103-29-28-102-27-26-101-25-24-100-23-22-99-21-20-98-19-18-89-85(93)121-69-78-75-12-7-5-10-73(75)74-11-6-8-13-76(74)78/h5-8,10-13,16-17,66,77-80,82-84,91H,4,9,14-15,18-65,67-70H2,1-3H3,(H,89,93)(H,94,95)(H,96,97)/t77-,79-,80-,82+,83?,84+,86-,87-,88+/m0/s1. The Kier molecular flexibility index (Phi) is 55.1. The molecule has 3 unspecified atom stereocenters. The maximum absolute atomic E-state index is 14.5. The largest absolute Gasteiger partial charge is 0.481 e. The van der Waals surface area contributed by atoms with Crippen molar-refractivity contribution < 1.29 is 175 Å². The van der Waals surface area contributed by atoms with E-state index in [0.29, 0.717) is 316 Å². The third kappa shape index (κ3) is 40.0. The number of fused-ring (bicyclic) bond motifs is 10. The highest BCUT2D eigenvalue weighted by molar-refractivity contribution is 7.61. The molecule has 1 amide bonds. The molecule has 0 aromatic heterocycles. The third-order valence-corrected chi connectivity index (χ3v) is 24.9. The summed E-state index contributed by atoms with van der Waals surface area (Å²) in [6, 6.07) is 16.5. The second-order valence-corrected chi connectivity index (χ2v) is 34.1. The maximum atomic E-state index is 14.5. The van der Waals surface area contributed by atoms with Gasteiger partial charge in [0, 0.05) is 29.2 Å². The smallest absolute Gasteiger partial charge is 0.449 e. The second-order valence-electron chi connectivity index (χ2n) is 31.0. The minimum atomic E-state index is -5.37. The van der Waals surface area contributed by atoms with E-state index < -0.39 is 75.7 Å². The summed E-state index contributed by atoms with van der Waals surface area (Å²) < 4.78 is 186. The van der Waals surface area contributed by atoms with Gasteiger partial charge in [0.1, 0.15) is 13.2 Å². The molecule has 4 fully saturated rings. The van der Waals surface area contributed by atoms with Crippen LogP contribution in [0.5, 0.6) is 0 Å². The number of phosphoric ester groups is 2. The van der Waals surface area contributed by atoms with Gasteiger partial charge in [0.05, 0.1) is 323 Å². The van der Waals surface area contributed by atoms with Crippen LogP contribution in [0.4, 0.5) is 4.79 Å². The van der Waals surface area contributed by atoms with Crippen LogP contribution in [0.2, 0.25) is 0 Å². The van der Waals surface area contributed by atoms with Crippen molar-refractivity contribution in [3.8, 4) is 11.1 Å². The van der Waals surface area contributed by atoms with Crippen molar-refractivity contribution in [2.75, 3.05) is 330 Å². The molecule has 0 bridgehead atoms. The Bertz CT molecular complexity index is 3440. The summed E-state index contributed by atoms with van der Waals surface area (Å²) in [6.07, 6.45) is 5.38. The molecule has 128 heavy (non-hydrogen) atoms. The van der Waals surface area contributed by atoms with Gasteiger partial charge in [0.15, 0.2) is 23.5 Å². The molecule has 0 radical (unpaired) electrons. The van der Waals surface area contributed by atoms with E-state index in [1.165, 1.54) is 22.3 Å². The molecule has 1 heterocycles. The molecule has 6 aliphatic rings. The van der Waals surface area contributed by atoms with Gasteiger partial charge in [0.25, 0.3) is 0 Å². The Labute approximate surface area is 753 Å². The van der Waals surface area contributed by atoms with Gasteiger partial charge in [-0.3, -0.25) is 18.6 Å². The summed E-state index contributed by atoms with van der Waals surface area (Å²) in [5.41, 5.74) is 2.52. The van der Waals surface area contributed by atoms with Gasteiger partial charge in [0.2, 0.25) is 0 Å². The molecule has 40 heteroatoms. The van der Waals surface area contributed by atoms with Crippen molar-refractivity contribution in [2.24, 2.45) is 28.6 Å². The Hall–Kier alpha value is -4.25. The van der Waals surface area contributed by atoms with Gasteiger partial charge < -0.3 is 143 Å². The van der Waals surface area contributed by atoms with Crippen LogP contribution in [0.15, 0.2) is 72.3 Å². The highest BCUT2D eigenvalue weighted by Crippen LogP contribution is 2.70. The number of aliphatic hydroxyl groups is 1. The van der Waals surface area contributed by atoms with Crippen LogP contribution in [0.25, 0.3) is 11.1 Å². The lowest BCUT2D eigenvalue weighted by Crippen LogP contribution is -2.63. The molecule has 0 spiro atoms. The van der Waals surface area contributed by atoms with Gasteiger partial charge in [-0.1, -0.05) is 87.4 Å². The van der Waals surface area contributed by atoms with E-state index in [4.69, 9.17) is 132 Å². The first-order chi connectivity index (χ1) is 62.5. The lowest BCUT2D eigenvalue weighted by Gasteiger charge is -2.59. The second kappa shape index (κ2) is 64.7. The number of hydrogen-bond donors (Lipinski definition) is 4. The molecule has 11 atom stereocenters. The SMILES string of the molecule is CCCC1O[C@@H]2C[C@H]3[C@@H]4CCC5=CC(=O)C=C[C@]5(C)[C@H]4[C@@H](O)C[C@]3(C)[C@]2(C(=O)COP(=O)(O)OP(=O)(O)OCCOCCOCCOCCOCCOCCOCCOCCOCCOCCOCCOCCOCCOCCOCCOCCOCCOCCOCCOCCOCCOCCOCCOCCNC(=O)OCC2c3ccccc3-c3ccccc32)O1. The molecule has 4 N–H and O–H groups in total. The number of alkyl carbamates (subject to hydrolysis) is 1. The number of ether oxygens (including phenoxy) is 26. The fourth-order valence-electron chi connectivity index (χ4n) is 16.5. The Morgan fingerprint density at radius 1 is 0.469 bits per heavy atom. The normalized spacial score (nSPS) is 22.5. The summed E-state index contributed by atoms with van der Waals surface area (Å²) in [5, 5.41) is 14.7. The van der Waals surface area contributed by atoms with Crippen molar-refractivity contribution in [2.45, 2.75) is 89.3 Å². The predicted molar refractivity (Wildman–Crippen MR) is 460 cm³/mol. The number of carbonyl (C=O) groups excluding carboxylic acids is 3. The molecule has 2 aromatic carbocycles. The van der Waals surface area contributed by atoms with E-state index in [9.17, 15) is 38.4 Å². The average molecular weight is 1870 g/mol. The Morgan fingerprint density at radius 2 is 0.805 bits per heavy atom. The van der Waals surface area contributed by atoms with Crippen LogP contribution >= 0.6 is 15.6 Å². The summed E-state index contributed by atoms with van der Waals surface area (Å²) >= 11 is 0. The fraction of sp³-hybridized carbons (Fsp3) is 0.784. The molecule has 8 rings (SSSR count). The summed E-state index contributed by atoms with van der Waals surface area (Å²) in [7, 11) is -10.6. The number of nitrogens with one attached hydrogen (secondary N) is 1. The molecule has 5 aliphatic carbocycles. The highest BCUT2D eigenvalue weighted by atomic mass is 31.3. The van der Waals surface area contributed by atoms with E-state index in [1.807, 2.05) is 51.1 Å². The highest BCUT2D eigenvalue weighted by Gasteiger charge is 2.76. The maximum Gasteiger partial charge on any atom is 0.481 e. The number of ketones is 2. The predicted octanol–water partition coefficient (Wildman–Crippen LogP) is 6.90. The van der Waals surface area contributed by atoms with E-state index in [2.05, 4.69) is 33.9 Å². The monoisotopic (exact) mass is 1870 g/mol. The fourth-order valence-corrected chi connectivity index (χ4v) is 18.5. The molecule has 2 aromatic rings. The molecule has 1 saturated heterocycles. The molecular weight excluding hydrogens is 1720 g/mol. The van der Waals surface area contributed by atoms with Gasteiger partial charge in [-0.15, -0.1) is 0 Å². The minimum absolute atomic E-state index is 0.0203. The van der Waals surface area contributed by atoms with Crippen LogP contribution in [-0.2, 0) is 155 Å². The van der Waals surface area contributed by atoms with Crippen molar-refractivity contribution in [1.29, 1.82) is 0 Å². The van der Waals surface area contributed by atoms with Gasteiger partial charge in [-0.05, 0) is 78.3 Å². The average Bonchev–Trinajstić information content (AvgIpc) is 1.50. The van der Waals surface area contributed by atoms with Gasteiger partial charge in [-0.25, -0.2) is 13.9 Å². The number of aliphatic hydroxyl groups excluding tert-OH is 1. The van der Waals surface area contributed by atoms with Crippen LogP contribution in [0, 0.1) is 28.6 Å². The van der Waals surface area contributed by atoms with Crippen molar-refractivity contribution in [3.63, 3.8) is 0 Å². The van der Waals surface area contributed by atoms with Crippen molar-refractivity contribution >= 4 is 33.3 Å². The number of allylic oxidation sites excluding steroid dienone is 4. The quantitative estimate of drug-likeness (QED) is 0.0386. The van der Waals surface area contributed by atoms with E-state index in [-0.39, 0.29) is 68.9 Å². The van der Waals surface area contributed by atoms with Crippen molar-refractivity contribution in [3.05, 3.63) is 83.5 Å². The number of rotatable bonds is 83. The van der Waals surface area contributed by atoms with E-state index >= 15 is 0 Å². The van der Waals surface area contributed by atoms with Crippen LogP contribution < -0.4 is 5.32 Å². The molecule has 732 valence electrons. The van der Waals surface area contributed by atoms with Crippen LogP contribution in [-0.4, -0.2) is 387 Å². The summed E-state index contributed by atoms with van der Waals surface area (Å²) in [4.78, 5) is 60.0. The summed E-state index contributed by atoms with van der Waals surface area (Å²) in [6.45, 7) is 23.8. The first kappa shape index (κ1) is 109. The zero-order chi connectivity index (χ0) is 90.7. The number of benzene rings is 2. The molecule has 38 nitrogen and oxygen atoms in total. The summed E-state index contributed by atoms with van der Waals surface area (Å²) in [5.74, 6) is -1.21. The topological polar surface area (TPSA) is 426 Å². The lowest BCUT2D eigenvalue weighted by atomic mass is 9.46. The van der Waals surface area contributed by atoms with Crippen LogP contribution in [0.1, 0.15) is 76.3 Å². The molecular formula is C88H143NO37P2. The zero-order valence-electron chi connectivity index (χ0n) is 75.1. The lowest BCUT2D eigenvalue weighted by molar-refractivity contribution is -0.200. The minimum Gasteiger partial charge on any atom is -0.449 e. The van der Waals surface area contributed by atoms with E-state index in [0.717, 1.165) is 5.57 Å². The Balaban J connectivity index is 0.444. The Morgan fingerprint density at radius 3 is 1.16 bits per heavy atom. The number of carbonyl (C=O) groups is 3. The number of hydrogen-bond acceptors (Lipinski definition) is 35.